The molecule has 0 radical (unpaired) electrons. The molecule has 0 aromatic heterocycles. The molecule has 2 aromatic carbocycles. The fourth-order valence-electron chi connectivity index (χ4n) is 2.66. The molecule has 3 rings (SSSR count). The van der Waals surface area contributed by atoms with E-state index in [1.807, 2.05) is 12.1 Å². The van der Waals surface area contributed by atoms with Crippen LogP contribution in [0.25, 0.3) is 0 Å². The lowest BCUT2D eigenvalue weighted by atomic mass is 9.79. The fraction of sp³-hybridized carbons (Fsp3) is 0.294. The van der Waals surface area contributed by atoms with E-state index in [0.29, 0.717) is 10.0 Å². The molecule has 1 saturated carbocycles. The van der Waals surface area contributed by atoms with Crippen LogP contribution in [0.5, 0.6) is 0 Å². The zero-order valence-electron chi connectivity index (χ0n) is 11.2. The van der Waals surface area contributed by atoms with Gasteiger partial charge in [-0.2, -0.15) is 0 Å². The number of rotatable bonds is 3. The Balaban J connectivity index is 1.86. The Bertz CT molecular complexity index is 603. The summed E-state index contributed by atoms with van der Waals surface area (Å²) < 4.78 is 0. The van der Waals surface area contributed by atoms with Crippen LogP contribution in [-0.4, -0.2) is 0 Å². The van der Waals surface area contributed by atoms with E-state index < -0.39 is 0 Å². The largest absolute Gasteiger partial charge is 0.320 e. The molecule has 1 aliphatic rings. The summed E-state index contributed by atoms with van der Waals surface area (Å²) >= 11 is 12.3. The summed E-state index contributed by atoms with van der Waals surface area (Å²) in [6.07, 6.45) is 3.97. The highest BCUT2D eigenvalue weighted by molar-refractivity contribution is 6.42. The number of halogens is 2. The van der Waals surface area contributed by atoms with Crippen LogP contribution in [0, 0.1) is 0 Å². The van der Waals surface area contributed by atoms with E-state index in [1.54, 1.807) is 6.07 Å². The van der Waals surface area contributed by atoms with Crippen molar-refractivity contribution in [1.29, 1.82) is 0 Å². The molecule has 0 amide bonds. The van der Waals surface area contributed by atoms with Crippen LogP contribution in [0.15, 0.2) is 42.5 Å². The molecule has 1 unspecified atom stereocenters. The molecule has 0 bridgehead atoms. The molecule has 1 atom stereocenters. The minimum atomic E-state index is -0.239. The summed E-state index contributed by atoms with van der Waals surface area (Å²) in [5, 5.41) is 1.09. The average molecular weight is 306 g/mol. The first kappa shape index (κ1) is 13.9. The van der Waals surface area contributed by atoms with E-state index in [9.17, 15) is 0 Å². The van der Waals surface area contributed by atoms with Crippen LogP contribution in [-0.2, 0) is 0 Å². The van der Waals surface area contributed by atoms with Crippen LogP contribution in [0.4, 0.5) is 0 Å². The highest BCUT2D eigenvalue weighted by Gasteiger charge is 2.20. The number of benzene rings is 2. The van der Waals surface area contributed by atoms with Crippen LogP contribution in [0.2, 0.25) is 10.0 Å². The molecule has 1 nitrogen and oxygen atoms in total. The van der Waals surface area contributed by atoms with Crippen molar-refractivity contribution in [2.45, 2.75) is 31.2 Å². The van der Waals surface area contributed by atoms with Gasteiger partial charge >= 0.3 is 0 Å². The first-order chi connectivity index (χ1) is 9.66. The Kier molecular flexibility index (Phi) is 4.02. The molecule has 2 N–H and O–H groups in total. The molecule has 0 saturated heterocycles. The standard InChI is InChI=1S/C17H17Cl2N/c18-15-6-2-5-14(16(15)19)17(20)13-9-7-12(8-10-13)11-3-1-4-11/h2,5-11,17H,1,3-4,20H2. The summed E-state index contributed by atoms with van der Waals surface area (Å²) in [5.41, 5.74) is 9.67. The second kappa shape index (κ2) is 5.77. The Morgan fingerprint density at radius 3 is 2.30 bits per heavy atom. The van der Waals surface area contributed by atoms with Crippen LogP contribution in [0.1, 0.15) is 47.9 Å². The maximum absolute atomic E-state index is 6.32. The summed E-state index contributed by atoms with van der Waals surface area (Å²) in [4.78, 5) is 0. The Labute approximate surface area is 129 Å². The lowest BCUT2D eigenvalue weighted by molar-refractivity contribution is 0.419. The molecule has 0 aliphatic heterocycles. The smallest absolute Gasteiger partial charge is 0.0643 e. The second-order valence-corrected chi connectivity index (χ2v) is 6.20. The van der Waals surface area contributed by atoms with Crippen LogP contribution < -0.4 is 5.73 Å². The fourth-order valence-corrected chi connectivity index (χ4v) is 3.08. The Hall–Kier alpha value is -1.02. The van der Waals surface area contributed by atoms with Gasteiger partial charge < -0.3 is 5.73 Å². The van der Waals surface area contributed by atoms with Gasteiger partial charge in [0.2, 0.25) is 0 Å². The van der Waals surface area contributed by atoms with Crippen molar-refractivity contribution in [3.8, 4) is 0 Å². The summed E-state index contributed by atoms with van der Waals surface area (Å²) in [6, 6.07) is 13.9. The van der Waals surface area contributed by atoms with Crippen molar-refractivity contribution in [3.63, 3.8) is 0 Å². The van der Waals surface area contributed by atoms with E-state index in [2.05, 4.69) is 24.3 Å². The van der Waals surface area contributed by atoms with Crippen LogP contribution >= 0.6 is 23.2 Å². The predicted molar refractivity (Wildman–Crippen MR) is 85.5 cm³/mol. The maximum Gasteiger partial charge on any atom is 0.0643 e. The molecule has 1 aliphatic carbocycles. The number of nitrogens with two attached hydrogens (primary N) is 1. The van der Waals surface area contributed by atoms with Crippen molar-refractivity contribution < 1.29 is 0 Å². The van der Waals surface area contributed by atoms with Gasteiger partial charge in [-0.1, -0.05) is 66.0 Å². The Morgan fingerprint density at radius 1 is 1.00 bits per heavy atom. The summed E-state index contributed by atoms with van der Waals surface area (Å²) in [6.45, 7) is 0. The van der Waals surface area contributed by atoms with Gasteiger partial charge in [0.05, 0.1) is 16.1 Å². The van der Waals surface area contributed by atoms with E-state index in [-0.39, 0.29) is 6.04 Å². The number of hydrogen-bond donors (Lipinski definition) is 1. The Morgan fingerprint density at radius 2 is 1.70 bits per heavy atom. The van der Waals surface area contributed by atoms with Gasteiger partial charge in [0.15, 0.2) is 0 Å². The SMILES string of the molecule is NC(c1ccc(C2CCC2)cc1)c1cccc(Cl)c1Cl. The van der Waals surface area contributed by atoms with Crippen molar-refractivity contribution in [2.24, 2.45) is 5.73 Å². The summed E-state index contributed by atoms with van der Waals surface area (Å²) in [5.74, 6) is 0.745. The van der Waals surface area contributed by atoms with Gasteiger partial charge in [0.25, 0.3) is 0 Å². The zero-order chi connectivity index (χ0) is 14.1. The predicted octanol–water partition coefficient (Wildman–Crippen LogP) is 5.31. The van der Waals surface area contributed by atoms with E-state index >= 15 is 0 Å². The third-order valence-corrected chi connectivity index (χ3v) is 5.02. The molecule has 0 spiro atoms. The highest BCUT2D eigenvalue weighted by atomic mass is 35.5. The average Bonchev–Trinajstić information content (AvgIpc) is 2.40. The van der Waals surface area contributed by atoms with E-state index in [0.717, 1.165) is 17.0 Å². The lowest BCUT2D eigenvalue weighted by Gasteiger charge is -2.26. The normalized spacial score (nSPS) is 16.8. The molecule has 0 heterocycles. The summed E-state index contributed by atoms with van der Waals surface area (Å²) in [7, 11) is 0. The van der Waals surface area contributed by atoms with Gasteiger partial charge in [0.1, 0.15) is 0 Å². The lowest BCUT2D eigenvalue weighted by Crippen LogP contribution is -2.13. The van der Waals surface area contributed by atoms with E-state index in [4.69, 9.17) is 28.9 Å². The van der Waals surface area contributed by atoms with Gasteiger partial charge in [-0.3, -0.25) is 0 Å². The van der Waals surface area contributed by atoms with Crippen molar-refractivity contribution in [1.82, 2.24) is 0 Å². The molecular weight excluding hydrogens is 289 g/mol. The van der Waals surface area contributed by atoms with Crippen molar-refractivity contribution >= 4 is 23.2 Å². The van der Waals surface area contributed by atoms with Gasteiger partial charge in [-0.25, -0.2) is 0 Å². The van der Waals surface area contributed by atoms with Gasteiger partial charge in [-0.05, 0) is 41.5 Å². The second-order valence-electron chi connectivity index (χ2n) is 5.42. The van der Waals surface area contributed by atoms with Crippen molar-refractivity contribution in [3.05, 3.63) is 69.2 Å². The highest BCUT2D eigenvalue weighted by Crippen LogP contribution is 2.37. The third kappa shape index (κ3) is 2.58. The van der Waals surface area contributed by atoms with Crippen LogP contribution in [0.3, 0.4) is 0 Å². The topological polar surface area (TPSA) is 26.0 Å². The first-order valence-corrected chi connectivity index (χ1v) is 7.72. The maximum atomic E-state index is 6.32. The molecule has 1 fully saturated rings. The van der Waals surface area contributed by atoms with Crippen molar-refractivity contribution in [2.75, 3.05) is 0 Å². The quantitative estimate of drug-likeness (QED) is 0.817. The number of hydrogen-bond acceptors (Lipinski definition) is 1. The molecule has 2 aromatic rings. The van der Waals surface area contributed by atoms with E-state index in [1.165, 1.54) is 24.8 Å². The molecule has 3 heteroatoms. The minimum Gasteiger partial charge on any atom is -0.320 e. The molecule has 20 heavy (non-hydrogen) atoms. The monoisotopic (exact) mass is 305 g/mol. The van der Waals surface area contributed by atoms with Gasteiger partial charge in [0, 0.05) is 0 Å². The van der Waals surface area contributed by atoms with Gasteiger partial charge in [-0.15, -0.1) is 0 Å². The minimum absolute atomic E-state index is 0.239. The molecule has 104 valence electrons. The third-order valence-electron chi connectivity index (χ3n) is 4.19. The molecular formula is C17H17Cl2N. The zero-order valence-corrected chi connectivity index (χ0v) is 12.7. The first-order valence-electron chi connectivity index (χ1n) is 6.96.